The fourth-order valence-electron chi connectivity index (χ4n) is 2.47. The highest BCUT2D eigenvalue weighted by Gasteiger charge is 2.30. The predicted octanol–water partition coefficient (Wildman–Crippen LogP) is 5.06. The molecule has 3 aromatic rings. The van der Waals surface area contributed by atoms with Gasteiger partial charge in [0.2, 0.25) is 0 Å². The zero-order valence-electron chi connectivity index (χ0n) is 15.1. The summed E-state index contributed by atoms with van der Waals surface area (Å²) in [4.78, 5) is 8.27. The van der Waals surface area contributed by atoms with Crippen LogP contribution in [-0.4, -0.2) is 16.3 Å². The van der Waals surface area contributed by atoms with E-state index in [4.69, 9.17) is 5.73 Å². The molecule has 0 saturated carbocycles. The van der Waals surface area contributed by atoms with Gasteiger partial charge in [-0.25, -0.2) is 9.97 Å². The highest BCUT2D eigenvalue weighted by atomic mass is 19.4. The van der Waals surface area contributed by atoms with Gasteiger partial charge in [0.05, 0.1) is 0 Å². The third-order valence-corrected chi connectivity index (χ3v) is 3.88. The number of aryl methyl sites for hydroxylation is 2. The van der Waals surface area contributed by atoms with Crippen molar-refractivity contribution in [3.8, 4) is 5.75 Å². The summed E-state index contributed by atoms with van der Waals surface area (Å²) in [5, 5.41) is 6.14. The summed E-state index contributed by atoms with van der Waals surface area (Å²) >= 11 is 0. The Balaban J connectivity index is 1.78. The second-order valence-corrected chi connectivity index (χ2v) is 6.13. The van der Waals surface area contributed by atoms with Gasteiger partial charge in [-0.3, -0.25) is 0 Å². The standard InChI is InChI=1S/C19H18F3N5O/c1-11-3-4-12(2)15(9-11)27-18-16(23)17(24-10-25-18)26-13-5-7-14(8-6-13)28-19(20,21)22/h3-10H,23H2,1-2H3,(H2,24,25,26,27). The van der Waals surface area contributed by atoms with Crippen LogP contribution in [-0.2, 0) is 0 Å². The van der Waals surface area contributed by atoms with E-state index in [2.05, 4.69) is 25.3 Å². The lowest BCUT2D eigenvalue weighted by molar-refractivity contribution is -0.274. The molecule has 28 heavy (non-hydrogen) atoms. The molecule has 1 aromatic heterocycles. The van der Waals surface area contributed by atoms with Crippen molar-refractivity contribution in [3.63, 3.8) is 0 Å². The molecule has 0 bridgehead atoms. The highest BCUT2D eigenvalue weighted by Crippen LogP contribution is 2.30. The number of anilines is 5. The fraction of sp³-hybridized carbons (Fsp3) is 0.158. The van der Waals surface area contributed by atoms with Crippen LogP contribution in [0.3, 0.4) is 0 Å². The molecule has 9 heteroatoms. The van der Waals surface area contributed by atoms with E-state index in [-0.39, 0.29) is 11.4 Å². The van der Waals surface area contributed by atoms with Crippen molar-refractivity contribution in [3.05, 3.63) is 59.9 Å². The van der Waals surface area contributed by atoms with Crippen LogP contribution in [0.25, 0.3) is 0 Å². The molecule has 0 atom stereocenters. The quantitative estimate of drug-likeness (QED) is 0.565. The van der Waals surface area contributed by atoms with Gasteiger partial charge in [0, 0.05) is 11.4 Å². The molecule has 0 aliphatic carbocycles. The normalized spacial score (nSPS) is 11.2. The molecule has 1 heterocycles. The number of alkyl halides is 3. The molecule has 6 nitrogen and oxygen atoms in total. The summed E-state index contributed by atoms with van der Waals surface area (Å²) in [5.74, 6) is 0.432. The first kappa shape index (κ1) is 19.3. The molecule has 0 aliphatic heterocycles. The van der Waals surface area contributed by atoms with Crippen LogP contribution in [0.1, 0.15) is 11.1 Å². The van der Waals surface area contributed by atoms with Crippen LogP contribution in [0.4, 0.5) is 41.9 Å². The van der Waals surface area contributed by atoms with E-state index < -0.39 is 6.36 Å². The topological polar surface area (TPSA) is 85.1 Å². The summed E-state index contributed by atoms with van der Waals surface area (Å²) in [6.07, 6.45) is -3.40. The average molecular weight is 389 g/mol. The van der Waals surface area contributed by atoms with Crippen molar-refractivity contribution < 1.29 is 17.9 Å². The van der Waals surface area contributed by atoms with Crippen molar-refractivity contribution in [1.82, 2.24) is 9.97 Å². The Labute approximate surface area is 159 Å². The molecule has 0 unspecified atom stereocenters. The average Bonchev–Trinajstić information content (AvgIpc) is 2.62. The minimum absolute atomic E-state index is 0.277. The van der Waals surface area contributed by atoms with Crippen LogP contribution in [0.5, 0.6) is 5.75 Å². The summed E-state index contributed by atoms with van der Waals surface area (Å²) in [6.45, 7) is 3.94. The van der Waals surface area contributed by atoms with Crippen LogP contribution in [0, 0.1) is 13.8 Å². The number of ether oxygens (including phenoxy) is 1. The third-order valence-electron chi connectivity index (χ3n) is 3.88. The SMILES string of the molecule is Cc1ccc(C)c(Nc2ncnc(Nc3ccc(OC(F)(F)F)cc3)c2N)c1. The molecule has 0 fully saturated rings. The van der Waals surface area contributed by atoms with Gasteiger partial charge in [0.1, 0.15) is 17.8 Å². The van der Waals surface area contributed by atoms with Crippen LogP contribution < -0.4 is 21.1 Å². The molecule has 0 saturated heterocycles. The summed E-state index contributed by atoms with van der Waals surface area (Å²) in [6, 6.07) is 11.2. The van der Waals surface area contributed by atoms with Gasteiger partial charge in [0.15, 0.2) is 11.6 Å². The Kier molecular flexibility index (Phi) is 5.25. The Morgan fingerprint density at radius 3 is 2.21 bits per heavy atom. The molecule has 146 valence electrons. The minimum atomic E-state index is -4.74. The first-order valence-corrected chi connectivity index (χ1v) is 8.29. The van der Waals surface area contributed by atoms with E-state index in [1.807, 2.05) is 32.0 Å². The second-order valence-electron chi connectivity index (χ2n) is 6.13. The minimum Gasteiger partial charge on any atom is -0.406 e. The molecule has 0 aliphatic rings. The van der Waals surface area contributed by atoms with Crippen molar-refractivity contribution in [2.24, 2.45) is 0 Å². The summed E-state index contributed by atoms with van der Waals surface area (Å²) < 4.78 is 40.6. The predicted molar refractivity (Wildman–Crippen MR) is 102 cm³/mol. The maximum absolute atomic E-state index is 12.2. The number of nitrogens with two attached hydrogens (primary N) is 1. The molecule has 0 radical (unpaired) electrons. The number of hydrogen-bond donors (Lipinski definition) is 3. The molecule has 2 aromatic carbocycles. The Morgan fingerprint density at radius 2 is 1.57 bits per heavy atom. The van der Waals surface area contributed by atoms with E-state index in [1.165, 1.54) is 30.6 Å². The Morgan fingerprint density at radius 1 is 0.929 bits per heavy atom. The van der Waals surface area contributed by atoms with E-state index in [0.717, 1.165) is 16.8 Å². The van der Waals surface area contributed by atoms with Crippen LogP contribution in [0.15, 0.2) is 48.8 Å². The van der Waals surface area contributed by atoms with E-state index in [1.54, 1.807) is 0 Å². The van der Waals surface area contributed by atoms with Gasteiger partial charge in [-0.2, -0.15) is 0 Å². The largest absolute Gasteiger partial charge is 0.573 e. The number of nitrogen functional groups attached to an aromatic ring is 1. The summed E-state index contributed by atoms with van der Waals surface area (Å²) in [5.41, 5.74) is 9.91. The monoisotopic (exact) mass is 389 g/mol. The molecule has 3 rings (SSSR count). The van der Waals surface area contributed by atoms with Crippen LogP contribution >= 0.6 is 0 Å². The molecular weight excluding hydrogens is 371 g/mol. The number of benzene rings is 2. The Hall–Kier alpha value is -3.49. The van der Waals surface area contributed by atoms with Crippen molar-refractivity contribution in [2.75, 3.05) is 16.4 Å². The Bertz CT molecular complexity index is 974. The van der Waals surface area contributed by atoms with Gasteiger partial charge >= 0.3 is 6.36 Å². The number of hydrogen-bond acceptors (Lipinski definition) is 6. The second kappa shape index (κ2) is 7.63. The van der Waals surface area contributed by atoms with Gasteiger partial charge in [-0.1, -0.05) is 12.1 Å². The number of aromatic nitrogens is 2. The van der Waals surface area contributed by atoms with Gasteiger partial charge in [-0.15, -0.1) is 13.2 Å². The maximum Gasteiger partial charge on any atom is 0.573 e. The highest BCUT2D eigenvalue weighted by molar-refractivity contribution is 5.80. The maximum atomic E-state index is 12.2. The number of halogens is 3. The molecule has 4 N–H and O–H groups in total. The van der Waals surface area contributed by atoms with Gasteiger partial charge < -0.3 is 21.1 Å². The number of nitrogens with zero attached hydrogens (tertiary/aromatic N) is 2. The zero-order chi connectivity index (χ0) is 20.3. The van der Waals surface area contributed by atoms with Crippen LogP contribution in [0.2, 0.25) is 0 Å². The van der Waals surface area contributed by atoms with E-state index >= 15 is 0 Å². The third kappa shape index (κ3) is 4.81. The zero-order valence-corrected chi connectivity index (χ0v) is 15.1. The smallest absolute Gasteiger partial charge is 0.406 e. The van der Waals surface area contributed by atoms with Crippen molar-refractivity contribution >= 4 is 28.7 Å². The van der Waals surface area contributed by atoms with Gasteiger partial charge in [0.25, 0.3) is 0 Å². The lowest BCUT2D eigenvalue weighted by atomic mass is 10.1. The lowest BCUT2D eigenvalue weighted by Crippen LogP contribution is -2.17. The van der Waals surface area contributed by atoms with Crippen molar-refractivity contribution in [2.45, 2.75) is 20.2 Å². The fourth-order valence-corrected chi connectivity index (χ4v) is 2.47. The molecule has 0 amide bonds. The first-order valence-electron chi connectivity index (χ1n) is 8.29. The molecular formula is C19H18F3N5O. The number of nitrogens with one attached hydrogen (secondary N) is 2. The number of rotatable bonds is 5. The van der Waals surface area contributed by atoms with E-state index in [0.29, 0.717) is 17.3 Å². The lowest BCUT2D eigenvalue weighted by Gasteiger charge is -2.14. The first-order chi connectivity index (χ1) is 13.2. The van der Waals surface area contributed by atoms with Gasteiger partial charge in [-0.05, 0) is 55.3 Å². The van der Waals surface area contributed by atoms with E-state index in [9.17, 15) is 13.2 Å². The summed E-state index contributed by atoms with van der Waals surface area (Å²) in [7, 11) is 0. The van der Waals surface area contributed by atoms with Crippen molar-refractivity contribution in [1.29, 1.82) is 0 Å². The molecule has 0 spiro atoms.